The summed E-state index contributed by atoms with van der Waals surface area (Å²) in [6.45, 7) is 3.45. The van der Waals surface area contributed by atoms with Gasteiger partial charge in [-0.25, -0.2) is 0 Å². The number of halogens is 3. The molecule has 9 heteroatoms. The molecule has 6 nitrogen and oxygen atoms in total. The van der Waals surface area contributed by atoms with E-state index in [-0.39, 0.29) is 17.4 Å². The van der Waals surface area contributed by atoms with Crippen LogP contribution in [0.1, 0.15) is 29.9 Å². The van der Waals surface area contributed by atoms with Crippen LogP contribution in [0.15, 0.2) is 23.5 Å². The second kappa shape index (κ2) is 6.42. The second-order valence-corrected chi connectivity index (χ2v) is 4.65. The number of hydrogen-bond acceptors (Lipinski definition) is 4. The topological polar surface area (TPSA) is 101 Å². The van der Waals surface area contributed by atoms with Crippen LogP contribution in [0, 0.1) is 5.92 Å². The normalized spacial score (nSPS) is 14.1. The minimum absolute atomic E-state index is 0.181. The van der Waals surface area contributed by atoms with Crippen LogP contribution in [0.25, 0.3) is 0 Å². The van der Waals surface area contributed by atoms with Crippen LogP contribution in [0.5, 0.6) is 0 Å². The van der Waals surface area contributed by atoms with Gasteiger partial charge in [-0.2, -0.15) is 13.2 Å². The maximum Gasteiger partial charge on any atom is 0.417 e. The maximum absolute atomic E-state index is 12.4. The molecule has 21 heavy (non-hydrogen) atoms. The third-order valence-electron chi connectivity index (χ3n) is 2.71. The summed E-state index contributed by atoms with van der Waals surface area (Å²) in [5.74, 6) is -1.10. The number of pyridine rings is 1. The van der Waals surface area contributed by atoms with E-state index in [1.54, 1.807) is 13.8 Å². The van der Waals surface area contributed by atoms with Gasteiger partial charge in [0.15, 0.2) is 5.84 Å². The van der Waals surface area contributed by atoms with Gasteiger partial charge < -0.3 is 16.3 Å². The molecule has 116 valence electrons. The van der Waals surface area contributed by atoms with Gasteiger partial charge in [0.25, 0.3) is 5.91 Å². The number of oxime groups is 1. The Morgan fingerprint density at radius 2 is 2.05 bits per heavy atom. The first kappa shape index (κ1) is 16.7. The van der Waals surface area contributed by atoms with E-state index in [4.69, 9.17) is 10.9 Å². The molecule has 0 aromatic carbocycles. The predicted molar refractivity (Wildman–Crippen MR) is 68.7 cm³/mol. The summed E-state index contributed by atoms with van der Waals surface area (Å²) in [5.41, 5.74) is 4.30. The molecule has 4 N–H and O–H groups in total. The van der Waals surface area contributed by atoms with E-state index < -0.39 is 23.7 Å². The Balaban J connectivity index is 2.89. The Morgan fingerprint density at radius 3 is 2.43 bits per heavy atom. The van der Waals surface area contributed by atoms with Crippen molar-refractivity contribution in [1.82, 2.24) is 10.3 Å². The highest BCUT2D eigenvalue weighted by Crippen LogP contribution is 2.28. The van der Waals surface area contributed by atoms with Crippen LogP contribution in [-0.4, -0.2) is 28.0 Å². The molecule has 1 aromatic rings. The van der Waals surface area contributed by atoms with Crippen LogP contribution in [0.4, 0.5) is 13.2 Å². The van der Waals surface area contributed by atoms with Gasteiger partial charge in [-0.3, -0.25) is 9.78 Å². The largest absolute Gasteiger partial charge is 0.417 e. The number of amidine groups is 1. The molecule has 0 aliphatic carbocycles. The molecule has 0 spiro atoms. The minimum Gasteiger partial charge on any atom is -0.409 e. The van der Waals surface area contributed by atoms with Gasteiger partial charge in [-0.05, 0) is 18.1 Å². The number of rotatable bonds is 4. The molecule has 1 unspecified atom stereocenters. The van der Waals surface area contributed by atoms with E-state index >= 15 is 0 Å². The van der Waals surface area contributed by atoms with Gasteiger partial charge in [-0.15, -0.1) is 0 Å². The number of alkyl halides is 3. The number of carbonyl (C=O) groups is 1. The van der Waals surface area contributed by atoms with Crippen LogP contribution in [0.3, 0.4) is 0 Å². The Hall–Kier alpha value is -2.32. The van der Waals surface area contributed by atoms with E-state index in [1.807, 2.05) is 0 Å². The van der Waals surface area contributed by atoms with Crippen molar-refractivity contribution in [2.75, 3.05) is 0 Å². The van der Waals surface area contributed by atoms with Gasteiger partial charge in [0, 0.05) is 6.20 Å². The molecule has 1 aromatic heterocycles. The standard InChI is InChI=1S/C12H15F3N4O2/c1-6(2)9(10(16)19-21)18-11(20)8-4-3-7(5-17-8)12(13,14)15/h3-6,9,21H,1-2H3,(H2,16,19)(H,18,20). The van der Waals surface area contributed by atoms with Crippen LogP contribution in [-0.2, 0) is 6.18 Å². The molecule has 0 saturated carbocycles. The highest BCUT2D eigenvalue weighted by Gasteiger charge is 2.31. The number of hydrogen-bond donors (Lipinski definition) is 3. The number of nitrogens with zero attached hydrogens (tertiary/aromatic N) is 2. The van der Waals surface area contributed by atoms with Crippen molar-refractivity contribution in [1.29, 1.82) is 0 Å². The van der Waals surface area contributed by atoms with E-state index in [9.17, 15) is 18.0 Å². The van der Waals surface area contributed by atoms with Crippen molar-refractivity contribution in [2.24, 2.45) is 16.8 Å². The summed E-state index contributed by atoms with van der Waals surface area (Å²) >= 11 is 0. The Labute approximate surface area is 118 Å². The van der Waals surface area contributed by atoms with Crippen molar-refractivity contribution in [3.8, 4) is 0 Å². The minimum atomic E-state index is -4.52. The monoisotopic (exact) mass is 304 g/mol. The SMILES string of the molecule is CC(C)C(NC(=O)c1ccc(C(F)(F)F)cn1)/C(N)=N/O. The van der Waals surface area contributed by atoms with Gasteiger partial charge in [0.1, 0.15) is 5.69 Å². The average Bonchev–Trinajstić information content (AvgIpc) is 2.42. The van der Waals surface area contributed by atoms with E-state index in [0.717, 1.165) is 12.1 Å². The molecular weight excluding hydrogens is 289 g/mol. The lowest BCUT2D eigenvalue weighted by atomic mass is 10.0. The smallest absolute Gasteiger partial charge is 0.409 e. The maximum atomic E-state index is 12.4. The van der Waals surface area contributed by atoms with Crippen LogP contribution < -0.4 is 11.1 Å². The number of carbonyl (C=O) groups excluding carboxylic acids is 1. The third kappa shape index (κ3) is 4.33. The molecular formula is C12H15F3N4O2. The highest BCUT2D eigenvalue weighted by atomic mass is 19.4. The number of nitrogens with two attached hydrogens (primary N) is 1. The van der Waals surface area contributed by atoms with Crippen LogP contribution >= 0.6 is 0 Å². The number of nitrogens with one attached hydrogen (secondary N) is 1. The van der Waals surface area contributed by atoms with Crippen molar-refractivity contribution < 1.29 is 23.2 Å². The lowest BCUT2D eigenvalue weighted by Crippen LogP contribution is -2.48. The molecule has 1 heterocycles. The van der Waals surface area contributed by atoms with Gasteiger partial charge >= 0.3 is 6.18 Å². The molecule has 0 radical (unpaired) electrons. The molecule has 0 saturated heterocycles. The predicted octanol–water partition coefficient (Wildman–Crippen LogP) is 1.60. The fourth-order valence-electron chi connectivity index (χ4n) is 1.56. The fraction of sp³-hybridized carbons (Fsp3) is 0.417. The summed E-state index contributed by atoms with van der Waals surface area (Å²) in [5, 5.41) is 13.9. The van der Waals surface area contributed by atoms with Crippen molar-refractivity contribution in [3.05, 3.63) is 29.6 Å². The second-order valence-electron chi connectivity index (χ2n) is 4.65. The van der Waals surface area contributed by atoms with Gasteiger partial charge in [0.2, 0.25) is 0 Å². The average molecular weight is 304 g/mol. The third-order valence-corrected chi connectivity index (χ3v) is 2.71. The zero-order valence-electron chi connectivity index (χ0n) is 11.3. The van der Waals surface area contributed by atoms with E-state index in [2.05, 4.69) is 15.5 Å². The van der Waals surface area contributed by atoms with Gasteiger partial charge in [0.05, 0.1) is 11.6 Å². The van der Waals surface area contributed by atoms with Gasteiger partial charge in [-0.1, -0.05) is 19.0 Å². The molecule has 0 bridgehead atoms. The van der Waals surface area contributed by atoms with E-state index in [1.165, 1.54) is 0 Å². The molecule has 0 fully saturated rings. The Morgan fingerprint density at radius 1 is 1.43 bits per heavy atom. The van der Waals surface area contributed by atoms with Crippen molar-refractivity contribution in [2.45, 2.75) is 26.1 Å². The van der Waals surface area contributed by atoms with Crippen LogP contribution in [0.2, 0.25) is 0 Å². The Kier molecular flexibility index (Phi) is 5.12. The molecule has 1 amide bonds. The molecule has 0 aliphatic heterocycles. The highest BCUT2D eigenvalue weighted by molar-refractivity contribution is 5.97. The first-order valence-corrected chi connectivity index (χ1v) is 5.98. The first-order chi connectivity index (χ1) is 9.66. The zero-order valence-corrected chi connectivity index (χ0v) is 11.3. The first-order valence-electron chi connectivity index (χ1n) is 5.98. The summed E-state index contributed by atoms with van der Waals surface area (Å²) < 4.78 is 37.2. The lowest BCUT2D eigenvalue weighted by Gasteiger charge is -2.20. The summed E-state index contributed by atoms with van der Waals surface area (Å²) in [4.78, 5) is 15.4. The molecule has 1 atom stereocenters. The van der Waals surface area contributed by atoms with Crippen molar-refractivity contribution >= 4 is 11.7 Å². The summed E-state index contributed by atoms with van der Waals surface area (Å²) in [6.07, 6.45) is -3.95. The lowest BCUT2D eigenvalue weighted by molar-refractivity contribution is -0.137. The summed E-state index contributed by atoms with van der Waals surface area (Å²) in [6, 6.07) is 0.962. The number of amides is 1. The van der Waals surface area contributed by atoms with E-state index in [0.29, 0.717) is 6.20 Å². The fourth-order valence-corrected chi connectivity index (χ4v) is 1.56. The Bertz CT molecular complexity index is 526. The molecule has 1 rings (SSSR count). The quantitative estimate of drug-likeness (QED) is 0.340. The zero-order chi connectivity index (χ0) is 16.2. The summed E-state index contributed by atoms with van der Waals surface area (Å²) in [7, 11) is 0. The van der Waals surface area contributed by atoms with Crippen molar-refractivity contribution in [3.63, 3.8) is 0 Å². The number of aromatic nitrogens is 1. The molecule has 0 aliphatic rings.